The molecule has 0 radical (unpaired) electrons. The predicted molar refractivity (Wildman–Crippen MR) is 69.7 cm³/mol. The van der Waals surface area contributed by atoms with E-state index in [9.17, 15) is 9.59 Å². The average Bonchev–Trinajstić information content (AvgIpc) is 2.85. The second kappa shape index (κ2) is 5.09. The lowest BCUT2D eigenvalue weighted by Gasteiger charge is -2.20. The van der Waals surface area contributed by atoms with Gasteiger partial charge in [0.2, 0.25) is 11.8 Å². The lowest BCUT2D eigenvalue weighted by atomic mass is 10.00. The van der Waals surface area contributed by atoms with Crippen molar-refractivity contribution in [2.45, 2.75) is 33.1 Å². The lowest BCUT2D eigenvalue weighted by molar-refractivity contribution is -0.141. The smallest absolute Gasteiger partial charge is 0.233 e. The maximum absolute atomic E-state index is 12.2. The summed E-state index contributed by atoms with van der Waals surface area (Å²) in [5, 5.41) is 0.830. The molecule has 96 valence electrons. The molecular formula is C13H20BrNO2. The van der Waals surface area contributed by atoms with Crippen LogP contribution in [0.4, 0.5) is 0 Å². The van der Waals surface area contributed by atoms with E-state index in [-0.39, 0.29) is 23.7 Å². The molecule has 17 heavy (non-hydrogen) atoms. The van der Waals surface area contributed by atoms with Crippen LogP contribution >= 0.6 is 15.9 Å². The van der Waals surface area contributed by atoms with Crippen molar-refractivity contribution in [3.8, 4) is 0 Å². The highest BCUT2D eigenvalue weighted by molar-refractivity contribution is 9.09. The Morgan fingerprint density at radius 3 is 2.24 bits per heavy atom. The average molecular weight is 302 g/mol. The van der Waals surface area contributed by atoms with Gasteiger partial charge in [-0.05, 0) is 24.7 Å². The summed E-state index contributed by atoms with van der Waals surface area (Å²) in [5.41, 5.74) is 0. The summed E-state index contributed by atoms with van der Waals surface area (Å²) in [6.45, 7) is 4.77. The van der Waals surface area contributed by atoms with Crippen molar-refractivity contribution in [3.05, 3.63) is 0 Å². The molecule has 0 bridgehead atoms. The van der Waals surface area contributed by atoms with Crippen molar-refractivity contribution in [1.82, 2.24) is 4.90 Å². The SMILES string of the molecule is CCC1CC2C(=O)N(CC(C)CBr)C(=O)C2C1. The minimum absolute atomic E-state index is 0.00465. The number of fused-ring (bicyclic) bond motifs is 1. The zero-order chi connectivity index (χ0) is 12.6. The fraction of sp³-hybridized carbons (Fsp3) is 0.846. The van der Waals surface area contributed by atoms with Crippen molar-refractivity contribution >= 4 is 27.7 Å². The van der Waals surface area contributed by atoms with E-state index in [2.05, 4.69) is 29.8 Å². The fourth-order valence-electron chi connectivity index (χ4n) is 3.07. The number of carbonyl (C=O) groups excluding carboxylic acids is 2. The molecule has 2 rings (SSSR count). The van der Waals surface area contributed by atoms with Crippen molar-refractivity contribution in [2.24, 2.45) is 23.7 Å². The van der Waals surface area contributed by atoms with E-state index in [4.69, 9.17) is 0 Å². The zero-order valence-electron chi connectivity index (χ0n) is 10.5. The number of rotatable bonds is 4. The molecule has 0 aromatic heterocycles. The minimum atomic E-state index is -0.00465. The van der Waals surface area contributed by atoms with Crippen LogP contribution in [-0.4, -0.2) is 28.6 Å². The Balaban J connectivity index is 2.06. The fourth-order valence-corrected chi connectivity index (χ4v) is 3.28. The van der Waals surface area contributed by atoms with E-state index in [0.717, 1.165) is 24.6 Å². The third-order valence-electron chi connectivity index (χ3n) is 4.16. The highest BCUT2D eigenvalue weighted by Gasteiger charge is 2.52. The number of imide groups is 1. The van der Waals surface area contributed by atoms with Crippen molar-refractivity contribution < 1.29 is 9.59 Å². The predicted octanol–water partition coefficient (Wildman–Crippen LogP) is 2.44. The molecule has 2 amide bonds. The molecule has 1 aliphatic carbocycles. The highest BCUT2D eigenvalue weighted by Crippen LogP contribution is 2.44. The molecule has 1 aliphatic heterocycles. The van der Waals surface area contributed by atoms with E-state index >= 15 is 0 Å². The Morgan fingerprint density at radius 2 is 1.82 bits per heavy atom. The van der Waals surface area contributed by atoms with Crippen LogP contribution in [0.2, 0.25) is 0 Å². The van der Waals surface area contributed by atoms with Gasteiger partial charge in [-0.1, -0.05) is 36.2 Å². The molecule has 1 heterocycles. The van der Waals surface area contributed by atoms with Gasteiger partial charge >= 0.3 is 0 Å². The first-order chi connectivity index (χ1) is 8.08. The van der Waals surface area contributed by atoms with Gasteiger partial charge in [0.15, 0.2) is 0 Å². The summed E-state index contributed by atoms with van der Waals surface area (Å²) >= 11 is 3.39. The largest absolute Gasteiger partial charge is 0.282 e. The van der Waals surface area contributed by atoms with Crippen LogP contribution < -0.4 is 0 Å². The van der Waals surface area contributed by atoms with Crippen LogP contribution in [-0.2, 0) is 9.59 Å². The van der Waals surface area contributed by atoms with Crippen LogP contribution in [0.25, 0.3) is 0 Å². The van der Waals surface area contributed by atoms with Gasteiger partial charge < -0.3 is 0 Å². The number of amides is 2. The standard InChI is InChI=1S/C13H20BrNO2/c1-3-9-4-10-11(5-9)13(17)15(12(10)16)7-8(2)6-14/h8-11H,3-7H2,1-2H3. The van der Waals surface area contributed by atoms with Crippen LogP contribution in [0, 0.1) is 23.7 Å². The number of alkyl halides is 1. The molecular weight excluding hydrogens is 282 g/mol. The highest BCUT2D eigenvalue weighted by atomic mass is 79.9. The number of hydrogen-bond acceptors (Lipinski definition) is 2. The maximum Gasteiger partial charge on any atom is 0.233 e. The second-order valence-corrected chi connectivity index (χ2v) is 6.15. The van der Waals surface area contributed by atoms with Gasteiger partial charge in [0.25, 0.3) is 0 Å². The molecule has 0 N–H and O–H groups in total. The molecule has 4 heteroatoms. The second-order valence-electron chi connectivity index (χ2n) is 5.51. The topological polar surface area (TPSA) is 37.4 Å². The van der Waals surface area contributed by atoms with Gasteiger partial charge in [0.1, 0.15) is 0 Å². The third kappa shape index (κ3) is 2.28. The van der Waals surface area contributed by atoms with E-state index in [1.807, 2.05) is 0 Å². The van der Waals surface area contributed by atoms with Crippen LogP contribution in [0.15, 0.2) is 0 Å². The van der Waals surface area contributed by atoms with Gasteiger partial charge in [0.05, 0.1) is 11.8 Å². The Hall–Kier alpha value is -0.380. The molecule has 1 saturated carbocycles. The van der Waals surface area contributed by atoms with Crippen molar-refractivity contribution in [2.75, 3.05) is 11.9 Å². The minimum Gasteiger partial charge on any atom is -0.282 e. The molecule has 0 aromatic rings. The summed E-state index contributed by atoms with van der Waals surface area (Å²) in [6.07, 6.45) is 2.93. The Morgan fingerprint density at radius 1 is 1.29 bits per heavy atom. The van der Waals surface area contributed by atoms with Gasteiger partial charge in [-0.2, -0.15) is 0 Å². The summed E-state index contributed by atoms with van der Waals surface area (Å²) in [7, 11) is 0. The van der Waals surface area contributed by atoms with E-state index in [1.54, 1.807) is 0 Å². The Bertz CT molecular complexity index is 307. The van der Waals surface area contributed by atoms with Crippen molar-refractivity contribution in [1.29, 1.82) is 0 Å². The number of hydrogen-bond donors (Lipinski definition) is 0. The maximum atomic E-state index is 12.2. The molecule has 0 aromatic carbocycles. The molecule has 1 saturated heterocycles. The third-order valence-corrected chi connectivity index (χ3v) is 5.27. The molecule has 3 atom stereocenters. The van der Waals surface area contributed by atoms with Crippen LogP contribution in [0.1, 0.15) is 33.1 Å². The summed E-state index contributed by atoms with van der Waals surface area (Å²) in [5.74, 6) is 1.08. The number of halogens is 1. The van der Waals surface area contributed by atoms with E-state index < -0.39 is 0 Å². The lowest BCUT2D eigenvalue weighted by Crippen LogP contribution is -2.36. The molecule has 2 fully saturated rings. The van der Waals surface area contributed by atoms with E-state index in [1.165, 1.54) is 4.90 Å². The summed E-state index contributed by atoms with van der Waals surface area (Å²) < 4.78 is 0. The molecule has 2 aliphatic rings. The van der Waals surface area contributed by atoms with Gasteiger partial charge in [-0.25, -0.2) is 0 Å². The number of likely N-dealkylation sites (tertiary alicyclic amines) is 1. The monoisotopic (exact) mass is 301 g/mol. The number of carbonyl (C=O) groups is 2. The first-order valence-electron chi connectivity index (χ1n) is 6.49. The Labute approximate surface area is 111 Å². The zero-order valence-corrected chi connectivity index (χ0v) is 12.1. The van der Waals surface area contributed by atoms with Gasteiger partial charge in [-0.3, -0.25) is 14.5 Å². The molecule has 3 nitrogen and oxygen atoms in total. The first kappa shape index (κ1) is 13.1. The Kier molecular flexibility index (Phi) is 3.91. The molecule has 3 unspecified atom stereocenters. The molecule has 0 spiro atoms. The normalized spacial score (nSPS) is 34.3. The van der Waals surface area contributed by atoms with E-state index in [0.29, 0.717) is 18.4 Å². The quantitative estimate of drug-likeness (QED) is 0.591. The summed E-state index contributed by atoms with van der Waals surface area (Å²) in [6, 6.07) is 0. The van der Waals surface area contributed by atoms with Crippen molar-refractivity contribution in [3.63, 3.8) is 0 Å². The number of nitrogens with zero attached hydrogens (tertiary/aromatic N) is 1. The van der Waals surface area contributed by atoms with Gasteiger partial charge in [0, 0.05) is 11.9 Å². The van der Waals surface area contributed by atoms with Crippen LogP contribution in [0.3, 0.4) is 0 Å². The first-order valence-corrected chi connectivity index (χ1v) is 7.61. The van der Waals surface area contributed by atoms with Crippen LogP contribution in [0.5, 0.6) is 0 Å². The summed E-state index contributed by atoms with van der Waals surface area (Å²) in [4.78, 5) is 25.9. The van der Waals surface area contributed by atoms with Gasteiger partial charge in [-0.15, -0.1) is 0 Å².